The van der Waals surface area contributed by atoms with Crippen LogP contribution >= 0.6 is 11.6 Å². The van der Waals surface area contributed by atoms with E-state index in [1.807, 2.05) is 6.92 Å². The van der Waals surface area contributed by atoms with Crippen molar-refractivity contribution < 1.29 is 14.0 Å². The average Bonchev–Trinajstić information content (AvgIpc) is 2.45. The van der Waals surface area contributed by atoms with Gasteiger partial charge in [0.15, 0.2) is 5.78 Å². The van der Waals surface area contributed by atoms with Crippen molar-refractivity contribution >= 4 is 23.3 Å². The highest BCUT2D eigenvalue weighted by molar-refractivity contribution is 6.28. The molecule has 1 aromatic rings. The minimum atomic E-state index is -0.851. The third kappa shape index (κ3) is 4.89. The summed E-state index contributed by atoms with van der Waals surface area (Å²) in [6.45, 7) is 2.04. The number of Topliss-reactive ketones (excluding diaryl/α,β-unsaturated/α-hetero) is 1. The molecule has 0 saturated heterocycles. The van der Waals surface area contributed by atoms with Gasteiger partial charge in [-0.05, 0) is 18.6 Å². The van der Waals surface area contributed by atoms with Gasteiger partial charge in [0.2, 0.25) is 5.95 Å². The molecule has 1 N–H and O–H groups in total. The van der Waals surface area contributed by atoms with Crippen molar-refractivity contribution in [2.24, 2.45) is 0 Å². The van der Waals surface area contributed by atoms with E-state index < -0.39 is 17.9 Å². The summed E-state index contributed by atoms with van der Waals surface area (Å²) in [5.74, 6) is -1.93. The topological polar surface area (TPSA) is 59.1 Å². The molecule has 0 aliphatic carbocycles. The predicted molar refractivity (Wildman–Crippen MR) is 75.3 cm³/mol. The average molecular weight is 301 g/mol. The van der Waals surface area contributed by atoms with E-state index in [1.54, 1.807) is 0 Å². The number of alkyl halides is 1. The zero-order chi connectivity index (χ0) is 15.0. The maximum Gasteiger partial charge on any atom is 0.256 e. The molecule has 4 nitrogen and oxygen atoms in total. The van der Waals surface area contributed by atoms with Gasteiger partial charge in [0.1, 0.15) is 0 Å². The van der Waals surface area contributed by atoms with Gasteiger partial charge in [0.25, 0.3) is 5.91 Å². The monoisotopic (exact) mass is 300 g/mol. The third-order valence-electron chi connectivity index (χ3n) is 2.93. The van der Waals surface area contributed by atoms with Crippen molar-refractivity contribution in [3.63, 3.8) is 0 Å². The molecule has 0 unspecified atom stereocenters. The van der Waals surface area contributed by atoms with Crippen LogP contribution in [0.4, 0.5) is 4.39 Å². The lowest BCUT2D eigenvalue weighted by Gasteiger charge is -2.16. The Kier molecular flexibility index (Phi) is 7.15. The summed E-state index contributed by atoms with van der Waals surface area (Å²) in [6, 6.07) is 2.12. The summed E-state index contributed by atoms with van der Waals surface area (Å²) in [5, 5.41) is 2.53. The van der Waals surface area contributed by atoms with Gasteiger partial charge in [0.05, 0.1) is 17.5 Å². The van der Waals surface area contributed by atoms with Crippen molar-refractivity contribution in [2.75, 3.05) is 5.88 Å². The van der Waals surface area contributed by atoms with Crippen LogP contribution in [0.15, 0.2) is 18.3 Å². The van der Waals surface area contributed by atoms with E-state index in [-0.39, 0.29) is 17.2 Å². The first-order valence-corrected chi connectivity index (χ1v) is 7.13. The molecule has 110 valence electrons. The summed E-state index contributed by atoms with van der Waals surface area (Å²) < 4.78 is 13.4. The molecule has 0 aliphatic heterocycles. The zero-order valence-corrected chi connectivity index (χ0v) is 12.1. The summed E-state index contributed by atoms with van der Waals surface area (Å²) in [5.41, 5.74) is -0.171. The molecule has 0 saturated carbocycles. The Balaban J connectivity index is 2.71. The lowest BCUT2D eigenvalue weighted by atomic mass is 10.0. The molecule has 6 heteroatoms. The number of rotatable bonds is 8. The second kappa shape index (κ2) is 8.64. The van der Waals surface area contributed by atoms with Gasteiger partial charge in [-0.3, -0.25) is 9.59 Å². The second-order valence-electron chi connectivity index (χ2n) is 4.46. The molecule has 0 aliphatic rings. The summed E-state index contributed by atoms with van der Waals surface area (Å²) in [4.78, 5) is 27.1. The molecule has 1 atom stereocenters. The Hall–Kier alpha value is -1.49. The van der Waals surface area contributed by atoms with Gasteiger partial charge in [-0.15, -0.1) is 11.6 Å². The number of amides is 1. The molecule has 1 amide bonds. The SMILES string of the molecule is CCCCC[C@H](NC(=O)c1cccnc1F)C(=O)CCl. The van der Waals surface area contributed by atoms with Gasteiger partial charge < -0.3 is 5.32 Å². The molecule has 1 aromatic heterocycles. The van der Waals surface area contributed by atoms with Crippen molar-refractivity contribution in [1.82, 2.24) is 10.3 Å². The van der Waals surface area contributed by atoms with Crippen molar-refractivity contribution in [3.05, 3.63) is 29.8 Å². The standard InChI is InChI=1S/C14H18ClFN2O2/c1-2-3-4-7-11(12(19)9-15)18-14(20)10-6-5-8-17-13(10)16/h5-6,8,11H,2-4,7,9H2,1H3,(H,18,20)/t11-/m0/s1. The molecule has 0 spiro atoms. The minimum Gasteiger partial charge on any atom is -0.342 e. The fourth-order valence-electron chi connectivity index (χ4n) is 1.80. The van der Waals surface area contributed by atoms with E-state index in [0.717, 1.165) is 19.3 Å². The Labute approximate surface area is 122 Å². The van der Waals surface area contributed by atoms with E-state index in [2.05, 4.69) is 10.3 Å². The molecular formula is C14H18ClFN2O2. The number of unbranched alkanes of at least 4 members (excludes halogenated alkanes) is 2. The number of nitrogens with zero attached hydrogens (tertiary/aromatic N) is 1. The van der Waals surface area contributed by atoms with Crippen LogP contribution in [0.3, 0.4) is 0 Å². The Morgan fingerprint density at radius 1 is 1.45 bits per heavy atom. The number of halogens is 2. The van der Waals surface area contributed by atoms with E-state index in [9.17, 15) is 14.0 Å². The largest absolute Gasteiger partial charge is 0.342 e. The number of carbonyl (C=O) groups is 2. The summed E-state index contributed by atoms with van der Waals surface area (Å²) in [6.07, 6.45) is 4.54. The number of aromatic nitrogens is 1. The molecular weight excluding hydrogens is 283 g/mol. The number of hydrogen-bond acceptors (Lipinski definition) is 3. The number of pyridine rings is 1. The van der Waals surface area contributed by atoms with Crippen LogP contribution in [0.5, 0.6) is 0 Å². The van der Waals surface area contributed by atoms with E-state index in [4.69, 9.17) is 11.6 Å². The predicted octanol–water partition coefficient (Wildman–Crippen LogP) is 2.71. The second-order valence-corrected chi connectivity index (χ2v) is 4.73. The van der Waals surface area contributed by atoms with E-state index in [0.29, 0.717) is 6.42 Å². The van der Waals surface area contributed by atoms with Crippen LogP contribution < -0.4 is 5.32 Å². The molecule has 0 radical (unpaired) electrons. The van der Waals surface area contributed by atoms with Gasteiger partial charge in [-0.1, -0.05) is 26.2 Å². The minimum absolute atomic E-state index is 0.171. The maximum absolute atomic E-state index is 13.4. The van der Waals surface area contributed by atoms with Crippen LogP contribution in [0.25, 0.3) is 0 Å². The molecule has 1 heterocycles. The smallest absolute Gasteiger partial charge is 0.256 e. The number of ketones is 1. The third-order valence-corrected chi connectivity index (χ3v) is 3.19. The van der Waals surface area contributed by atoms with Crippen molar-refractivity contribution in [1.29, 1.82) is 0 Å². The highest BCUT2D eigenvalue weighted by Crippen LogP contribution is 2.08. The number of carbonyl (C=O) groups excluding carboxylic acids is 2. The molecule has 1 rings (SSSR count). The van der Waals surface area contributed by atoms with E-state index in [1.165, 1.54) is 18.3 Å². The van der Waals surface area contributed by atoms with Gasteiger partial charge in [0, 0.05) is 6.20 Å². The van der Waals surface area contributed by atoms with Gasteiger partial charge >= 0.3 is 0 Å². The molecule has 0 aromatic carbocycles. The van der Waals surface area contributed by atoms with Crippen LogP contribution in [0, 0.1) is 5.95 Å². The Morgan fingerprint density at radius 3 is 2.80 bits per heavy atom. The fourth-order valence-corrected chi connectivity index (χ4v) is 1.98. The van der Waals surface area contributed by atoms with Crippen molar-refractivity contribution in [2.45, 2.75) is 38.6 Å². The zero-order valence-electron chi connectivity index (χ0n) is 11.4. The summed E-state index contributed by atoms with van der Waals surface area (Å²) >= 11 is 5.53. The quantitative estimate of drug-likeness (QED) is 0.456. The van der Waals surface area contributed by atoms with E-state index >= 15 is 0 Å². The Morgan fingerprint density at radius 2 is 2.20 bits per heavy atom. The van der Waals surface area contributed by atoms with Gasteiger partial charge in [-0.2, -0.15) is 4.39 Å². The lowest BCUT2D eigenvalue weighted by Crippen LogP contribution is -2.41. The van der Waals surface area contributed by atoms with Crippen LogP contribution in [-0.2, 0) is 4.79 Å². The van der Waals surface area contributed by atoms with Crippen LogP contribution in [0.2, 0.25) is 0 Å². The molecule has 0 fully saturated rings. The van der Waals surface area contributed by atoms with Gasteiger partial charge in [-0.25, -0.2) is 4.98 Å². The molecule has 20 heavy (non-hydrogen) atoms. The highest BCUT2D eigenvalue weighted by atomic mass is 35.5. The lowest BCUT2D eigenvalue weighted by molar-refractivity contribution is -0.118. The highest BCUT2D eigenvalue weighted by Gasteiger charge is 2.21. The Bertz CT molecular complexity index is 468. The fraction of sp³-hybridized carbons (Fsp3) is 0.500. The first-order chi connectivity index (χ1) is 9.60. The summed E-state index contributed by atoms with van der Waals surface area (Å²) in [7, 11) is 0. The van der Waals surface area contributed by atoms with Crippen LogP contribution in [0.1, 0.15) is 43.0 Å². The van der Waals surface area contributed by atoms with Crippen LogP contribution in [-0.4, -0.2) is 28.6 Å². The number of hydrogen-bond donors (Lipinski definition) is 1. The normalized spacial score (nSPS) is 11.9. The van der Waals surface area contributed by atoms with Crippen molar-refractivity contribution in [3.8, 4) is 0 Å². The first kappa shape index (κ1) is 16.6. The number of nitrogens with one attached hydrogen (secondary N) is 1. The molecule has 0 bridgehead atoms. The first-order valence-electron chi connectivity index (χ1n) is 6.60. The maximum atomic E-state index is 13.4.